The lowest BCUT2D eigenvalue weighted by Crippen LogP contribution is -2.60. The second-order valence-corrected chi connectivity index (χ2v) is 7.96. The normalized spacial score (nSPS) is 15.2. The largest absolute Gasteiger partial charge is 0.481 e. The van der Waals surface area contributed by atoms with Crippen LogP contribution in [0.2, 0.25) is 0 Å². The first-order chi connectivity index (χ1) is 16.0. The van der Waals surface area contributed by atoms with Crippen molar-refractivity contribution in [1.29, 1.82) is 0 Å². The van der Waals surface area contributed by atoms with E-state index < -0.39 is 59.9 Å². The lowest BCUT2D eigenvalue weighted by molar-refractivity contribution is -0.142. The van der Waals surface area contributed by atoms with Crippen molar-refractivity contribution in [3.05, 3.63) is 35.9 Å². The molecule has 0 aliphatic carbocycles. The molecule has 0 aliphatic heterocycles. The molecule has 0 spiro atoms. The quantitative estimate of drug-likeness (QED) is 0.137. The third-order valence-corrected chi connectivity index (χ3v) is 5.15. The van der Waals surface area contributed by atoms with Crippen LogP contribution in [0.25, 0.3) is 0 Å². The summed E-state index contributed by atoms with van der Waals surface area (Å²) >= 11 is 3.85. The van der Waals surface area contributed by atoms with E-state index in [0.29, 0.717) is 5.56 Å². The Hall–Kier alpha value is -3.16. The van der Waals surface area contributed by atoms with E-state index in [0.717, 1.165) is 0 Å². The van der Waals surface area contributed by atoms with Gasteiger partial charge in [0.05, 0.1) is 12.1 Å². The van der Waals surface area contributed by atoms with Gasteiger partial charge in [0, 0.05) is 18.6 Å². The standard InChI is InChI=1S/C21H30N4O8S/c1-11(26)17(20(31)24-15(10-34)21(32)33)25-19(30)14(9-12-5-3-2-4-6-12)23-18(29)13(22)7-8-16(27)28/h2-6,11,13-15,17,26,34H,7-10,22H2,1H3,(H,23,29)(H,24,31)(H,25,30)(H,27,28)(H,32,33). The van der Waals surface area contributed by atoms with Crippen LogP contribution in [0.4, 0.5) is 0 Å². The lowest BCUT2D eigenvalue weighted by Gasteiger charge is -2.26. The number of aliphatic carboxylic acids is 2. The summed E-state index contributed by atoms with van der Waals surface area (Å²) < 4.78 is 0. The zero-order valence-electron chi connectivity index (χ0n) is 18.5. The number of rotatable bonds is 14. The molecule has 0 radical (unpaired) electrons. The Bertz CT molecular complexity index is 868. The minimum absolute atomic E-state index is 0.00655. The predicted octanol–water partition coefficient (Wildman–Crippen LogP) is -1.73. The maximum atomic E-state index is 13.0. The Morgan fingerprint density at radius 3 is 2.03 bits per heavy atom. The summed E-state index contributed by atoms with van der Waals surface area (Å²) in [6.45, 7) is 1.23. The molecular formula is C21H30N4O8S. The van der Waals surface area contributed by atoms with Crippen molar-refractivity contribution in [1.82, 2.24) is 16.0 Å². The van der Waals surface area contributed by atoms with E-state index in [4.69, 9.17) is 15.9 Å². The average Bonchev–Trinajstić information content (AvgIpc) is 2.78. The van der Waals surface area contributed by atoms with E-state index in [1.807, 2.05) is 0 Å². The molecule has 3 amide bonds. The Balaban J connectivity index is 3.03. The summed E-state index contributed by atoms with van der Waals surface area (Å²) in [6.07, 6.45) is -1.89. The van der Waals surface area contributed by atoms with Crippen molar-refractivity contribution < 1.29 is 39.3 Å². The van der Waals surface area contributed by atoms with Gasteiger partial charge in [-0.25, -0.2) is 4.79 Å². The molecule has 8 N–H and O–H groups in total. The molecule has 1 rings (SSSR count). The van der Waals surface area contributed by atoms with E-state index >= 15 is 0 Å². The number of benzene rings is 1. The molecule has 0 saturated heterocycles. The number of hydrogen-bond acceptors (Lipinski definition) is 8. The summed E-state index contributed by atoms with van der Waals surface area (Å²) in [7, 11) is 0. The van der Waals surface area contributed by atoms with Crippen LogP contribution in [0.1, 0.15) is 25.3 Å². The summed E-state index contributed by atoms with van der Waals surface area (Å²) in [4.78, 5) is 59.9. The van der Waals surface area contributed by atoms with Gasteiger partial charge < -0.3 is 37.0 Å². The smallest absolute Gasteiger partial charge is 0.327 e. The van der Waals surface area contributed by atoms with Gasteiger partial charge in [-0.1, -0.05) is 30.3 Å². The fourth-order valence-electron chi connectivity index (χ4n) is 2.85. The zero-order valence-corrected chi connectivity index (χ0v) is 19.4. The molecular weight excluding hydrogens is 468 g/mol. The maximum Gasteiger partial charge on any atom is 0.327 e. The van der Waals surface area contributed by atoms with Gasteiger partial charge in [0.15, 0.2) is 0 Å². The number of carbonyl (C=O) groups is 5. The van der Waals surface area contributed by atoms with Crippen LogP contribution in [0, 0.1) is 0 Å². The molecule has 13 heteroatoms. The third-order valence-electron chi connectivity index (χ3n) is 4.78. The number of amides is 3. The molecule has 1 aromatic rings. The number of carbonyl (C=O) groups excluding carboxylic acids is 3. The number of thiol groups is 1. The molecule has 1 aromatic carbocycles. The predicted molar refractivity (Wildman–Crippen MR) is 124 cm³/mol. The van der Waals surface area contributed by atoms with E-state index in [9.17, 15) is 29.1 Å². The lowest BCUT2D eigenvalue weighted by atomic mass is 10.0. The molecule has 0 bridgehead atoms. The van der Waals surface area contributed by atoms with Crippen molar-refractivity contribution in [3.63, 3.8) is 0 Å². The molecule has 0 saturated carbocycles. The van der Waals surface area contributed by atoms with Crippen LogP contribution < -0.4 is 21.7 Å². The first-order valence-corrected chi connectivity index (χ1v) is 11.0. The Morgan fingerprint density at radius 2 is 1.53 bits per heavy atom. The number of carboxylic acid groups (broad SMARTS) is 2. The Morgan fingerprint density at radius 1 is 0.941 bits per heavy atom. The number of carboxylic acids is 2. The highest BCUT2D eigenvalue weighted by atomic mass is 32.1. The highest BCUT2D eigenvalue weighted by molar-refractivity contribution is 7.80. The van der Waals surface area contributed by atoms with E-state index in [-0.39, 0.29) is 25.0 Å². The first kappa shape index (κ1) is 28.9. The molecule has 0 aromatic heterocycles. The van der Waals surface area contributed by atoms with Crippen LogP contribution in [-0.2, 0) is 30.4 Å². The van der Waals surface area contributed by atoms with Gasteiger partial charge in [0.25, 0.3) is 0 Å². The molecule has 188 valence electrons. The maximum absolute atomic E-state index is 13.0. The second-order valence-electron chi connectivity index (χ2n) is 7.60. The third kappa shape index (κ3) is 9.77. The minimum atomic E-state index is -1.52. The second kappa shape index (κ2) is 14.2. The van der Waals surface area contributed by atoms with Crippen molar-refractivity contribution >= 4 is 42.3 Å². The highest BCUT2D eigenvalue weighted by Crippen LogP contribution is 2.06. The first-order valence-electron chi connectivity index (χ1n) is 10.4. The SMILES string of the molecule is CC(O)C(NC(=O)C(Cc1ccccc1)NC(=O)C(N)CCC(=O)O)C(=O)NC(CS)C(=O)O. The van der Waals surface area contributed by atoms with Gasteiger partial charge in [-0.2, -0.15) is 12.6 Å². The zero-order chi connectivity index (χ0) is 25.8. The van der Waals surface area contributed by atoms with E-state index in [1.54, 1.807) is 30.3 Å². The summed E-state index contributed by atoms with van der Waals surface area (Å²) in [6, 6.07) is 3.34. The van der Waals surface area contributed by atoms with Gasteiger partial charge >= 0.3 is 11.9 Å². The van der Waals surface area contributed by atoms with Crippen molar-refractivity contribution in [2.45, 2.75) is 56.5 Å². The van der Waals surface area contributed by atoms with Crippen molar-refractivity contribution in [2.75, 3.05) is 5.75 Å². The van der Waals surface area contributed by atoms with E-state index in [2.05, 4.69) is 28.6 Å². The molecule has 34 heavy (non-hydrogen) atoms. The van der Waals surface area contributed by atoms with Crippen LogP contribution in [0.3, 0.4) is 0 Å². The molecule has 5 atom stereocenters. The fourth-order valence-corrected chi connectivity index (χ4v) is 3.10. The van der Waals surface area contributed by atoms with Gasteiger partial charge in [-0.15, -0.1) is 0 Å². The Kier molecular flexibility index (Phi) is 12.0. The number of nitrogens with two attached hydrogens (primary N) is 1. The van der Waals surface area contributed by atoms with Crippen molar-refractivity contribution in [2.24, 2.45) is 5.73 Å². The molecule has 5 unspecified atom stereocenters. The highest BCUT2D eigenvalue weighted by Gasteiger charge is 2.32. The fraction of sp³-hybridized carbons (Fsp3) is 0.476. The number of aliphatic hydroxyl groups excluding tert-OH is 1. The molecule has 0 aliphatic rings. The monoisotopic (exact) mass is 498 g/mol. The van der Waals surface area contributed by atoms with Gasteiger partial charge in [0.2, 0.25) is 17.7 Å². The molecule has 0 fully saturated rings. The number of hydrogen-bond donors (Lipinski definition) is 8. The molecule has 12 nitrogen and oxygen atoms in total. The van der Waals surface area contributed by atoms with Crippen LogP contribution >= 0.6 is 12.6 Å². The topological polar surface area (TPSA) is 208 Å². The average molecular weight is 499 g/mol. The number of aliphatic hydroxyl groups is 1. The van der Waals surface area contributed by atoms with E-state index in [1.165, 1.54) is 6.92 Å². The van der Waals surface area contributed by atoms with Crippen LogP contribution in [0.5, 0.6) is 0 Å². The van der Waals surface area contributed by atoms with Crippen molar-refractivity contribution in [3.8, 4) is 0 Å². The van der Waals surface area contributed by atoms with Crippen LogP contribution in [-0.4, -0.2) is 81.0 Å². The minimum Gasteiger partial charge on any atom is -0.481 e. The van der Waals surface area contributed by atoms with Gasteiger partial charge in [-0.3, -0.25) is 19.2 Å². The summed E-state index contributed by atoms with van der Waals surface area (Å²) in [5.41, 5.74) is 6.40. The van der Waals surface area contributed by atoms with Gasteiger partial charge in [0.1, 0.15) is 18.1 Å². The number of nitrogens with one attached hydrogen (secondary N) is 3. The van der Waals surface area contributed by atoms with Gasteiger partial charge in [-0.05, 0) is 18.9 Å². The summed E-state index contributed by atoms with van der Waals surface area (Å²) in [5, 5.41) is 34.8. The molecule has 0 heterocycles. The summed E-state index contributed by atoms with van der Waals surface area (Å²) in [5.74, 6) is -5.25. The van der Waals surface area contributed by atoms with Crippen LogP contribution in [0.15, 0.2) is 30.3 Å². The Labute approximate surface area is 201 Å².